The Bertz CT molecular complexity index is 1010. The van der Waals surface area contributed by atoms with E-state index in [0.29, 0.717) is 16.1 Å². The van der Waals surface area contributed by atoms with Crippen molar-refractivity contribution in [3.05, 3.63) is 69.8 Å². The Morgan fingerprint density at radius 1 is 1.19 bits per heavy atom. The molecule has 0 amide bonds. The molecule has 0 radical (unpaired) electrons. The van der Waals surface area contributed by atoms with Gasteiger partial charge in [-0.2, -0.15) is 0 Å². The molecule has 1 aromatic heterocycles. The highest BCUT2D eigenvalue weighted by Crippen LogP contribution is 2.45. The van der Waals surface area contributed by atoms with E-state index in [1.54, 1.807) is 19.1 Å². The van der Waals surface area contributed by atoms with Gasteiger partial charge in [0.1, 0.15) is 10.6 Å². The fraction of sp³-hybridized carbons (Fsp3) is 0.150. The van der Waals surface area contributed by atoms with Crippen LogP contribution in [-0.2, 0) is 4.74 Å². The summed E-state index contributed by atoms with van der Waals surface area (Å²) < 4.78 is 5.20. The number of esters is 1. The molecule has 2 N–H and O–H groups in total. The molecule has 27 heavy (non-hydrogen) atoms. The van der Waals surface area contributed by atoms with Crippen molar-refractivity contribution < 1.29 is 14.5 Å². The number of carbonyl (C=O) groups is 1. The summed E-state index contributed by atoms with van der Waals surface area (Å²) in [5, 5.41) is 11.3. The van der Waals surface area contributed by atoms with Gasteiger partial charge in [-0.05, 0) is 37.1 Å². The zero-order valence-corrected chi connectivity index (χ0v) is 15.7. The van der Waals surface area contributed by atoms with Crippen molar-refractivity contribution in [2.24, 2.45) is 0 Å². The van der Waals surface area contributed by atoms with Crippen LogP contribution in [0.1, 0.15) is 22.8 Å². The number of carbonyl (C=O) groups excluding carboxylic acids is 1. The van der Waals surface area contributed by atoms with Crippen LogP contribution in [-0.4, -0.2) is 17.5 Å². The number of aryl methyl sites for hydroxylation is 1. The van der Waals surface area contributed by atoms with Gasteiger partial charge in [0.25, 0.3) is 5.69 Å². The molecule has 3 aromatic rings. The highest BCUT2D eigenvalue weighted by molar-refractivity contribution is 7.20. The van der Waals surface area contributed by atoms with Crippen LogP contribution in [0.15, 0.2) is 48.5 Å². The number of hydrogen-bond donors (Lipinski definition) is 1. The highest BCUT2D eigenvalue weighted by Gasteiger charge is 2.25. The Kier molecular flexibility index (Phi) is 5.23. The molecular weight excluding hydrogens is 364 g/mol. The van der Waals surface area contributed by atoms with Gasteiger partial charge in [-0.25, -0.2) is 4.79 Å². The van der Waals surface area contributed by atoms with E-state index in [0.717, 1.165) is 21.6 Å². The Balaban J connectivity index is 2.23. The molecule has 2 aromatic carbocycles. The van der Waals surface area contributed by atoms with Crippen molar-refractivity contribution in [3.8, 4) is 21.6 Å². The molecule has 0 unspecified atom stereocenters. The van der Waals surface area contributed by atoms with Crippen molar-refractivity contribution >= 4 is 28.0 Å². The van der Waals surface area contributed by atoms with Gasteiger partial charge in [-0.15, -0.1) is 11.3 Å². The van der Waals surface area contributed by atoms with Crippen LogP contribution < -0.4 is 5.73 Å². The lowest BCUT2D eigenvalue weighted by Crippen LogP contribution is -2.07. The number of thiophene rings is 1. The number of hydrogen-bond acceptors (Lipinski definition) is 6. The molecule has 138 valence electrons. The average molecular weight is 382 g/mol. The van der Waals surface area contributed by atoms with E-state index >= 15 is 0 Å². The Labute approximate surface area is 160 Å². The number of anilines is 1. The van der Waals surface area contributed by atoms with Gasteiger partial charge < -0.3 is 10.5 Å². The molecule has 6 nitrogen and oxygen atoms in total. The lowest BCUT2D eigenvalue weighted by Gasteiger charge is -2.09. The monoisotopic (exact) mass is 382 g/mol. The van der Waals surface area contributed by atoms with E-state index < -0.39 is 10.9 Å². The van der Waals surface area contributed by atoms with Crippen LogP contribution in [0.2, 0.25) is 0 Å². The standard InChI is InChI=1S/C20H18N2O4S/c1-3-26-20(23)17-16(14-6-4-5-12(2)11-14)18(27-19(17)21)13-7-9-15(10-8-13)22(24)25/h4-11H,3,21H2,1-2H3. The van der Waals surface area contributed by atoms with E-state index in [9.17, 15) is 14.9 Å². The summed E-state index contributed by atoms with van der Waals surface area (Å²) >= 11 is 1.27. The van der Waals surface area contributed by atoms with Gasteiger partial charge in [-0.3, -0.25) is 10.1 Å². The van der Waals surface area contributed by atoms with Crippen LogP contribution in [0.5, 0.6) is 0 Å². The number of rotatable bonds is 5. The lowest BCUT2D eigenvalue weighted by atomic mass is 9.97. The molecule has 0 aliphatic heterocycles. The Hall–Kier alpha value is -3.19. The number of nitrogens with zero attached hydrogens (tertiary/aromatic N) is 1. The summed E-state index contributed by atoms with van der Waals surface area (Å²) in [5.41, 5.74) is 9.85. The number of nitrogens with two attached hydrogens (primary N) is 1. The number of benzene rings is 2. The molecule has 7 heteroatoms. The van der Waals surface area contributed by atoms with Crippen LogP contribution in [0.3, 0.4) is 0 Å². The van der Waals surface area contributed by atoms with Gasteiger partial charge in [0.15, 0.2) is 0 Å². The maximum Gasteiger partial charge on any atom is 0.341 e. The van der Waals surface area contributed by atoms with Crippen LogP contribution in [0.25, 0.3) is 21.6 Å². The summed E-state index contributed by atoms with van der Waals surface area (Å²) in [5.74, 6) is -0.476. The summed E-state index contributed by atoms with van der Waals surface area (Å²) in [6.45, 7) is 3.95. The second-order valence-electron chi connectivity index (χ2n) is 5.94. The number of nitro groups is 1. The predicted octanol–water partition coefficient (Wildman–Crippen LogP) is 5.06. The summed E-state index contributed by atoms with van der Waals surface area (Å²) in [6.07, 6.45) is 0. The first-order valence-electron chi connectivity index (χ1n) is 8.33. The van der Waals surface area contributed by atoms with Crippen molar-refractivity contribution in [1.29, 1.82) is 0 Å². The van der Waals surface area contributed by atoms with Gasteiger partial charge in [0, 0.05) is 22.6 Å². The minimum atomic E-state index is -0.476. The fourth-order valence-corrected chi connectivity index (χ4v) is 3.95. The van der Waals surface area contributed by atoms with Crippen molar-refractivity contribution in [3.63, 3.8) is 0 Å². The third-order valence-corrected chi connectivity index (χ3v) is 5.13. The van der Waals surface area contributed by atoms with Gasteiger partial charge in [0.05, 0.1) is 11.5 Å². The van der Waals surface area contributed by atoms with Crippen molar-refractivity contribution in [2.45, 2.75) is 13.8 Å². The van der Waals surface area contributed by atoms with E-state index in [2.05, 4.69) is 0 Å². The molecule has 0 bridgehead atoms. The van der Waals surface area contributed by atoms with E-state index in [1.807, 2.05) is 31.2 Å². The molecule has 0 aliphatic rings. The molecule has 0 saturated heterocycles. The number of nitrogen functional groups attached to an aromatic ring is 1. The molecule has 0 fully saturated rings. The smallest absolute Gasteiger partial charge is 0.341 e. The topological polar surface area (TPSA) is 95.5 Å². The first kappa shape index (κ1) is 18.6. The Morgan fingerprint density at radius 2 is 1.89 bits per heavy atom. The van der Waals surface area contributed by atoms with Gasteiger partial charge in [-0.1, -0.05) is 29.8 Å². The van der Waals surface area contributed by atoms with Crippen molar-refractivity contribution in [1.82, 2.24) is 0 Å². The number of ether oxygens (including phenoxy) is 1. The van der Waals surface area contributed by atoms with Crippen LogP contribution >= 0.6 is 11.3 Å². The maximum absolute atomic E-state index is 12.5. The van der Waals surface area contributed by atoms with E-state index in [-0.39, 0.29) is 12.3 Å². The predicted molar refractivity (Wildman–Crippen MR) is 107 cm³/mol. The summed E-state index contributed by atoms with van der Waals surface area (Å²) in [7, 11) is 0. The molecule has 0 atom stereocenters. The van der Waals surface area contributed by atoms with Crippen LogP contribution in [0, 0.1) is 17.0 Å². The number of non-ortho nitro benzene ring substituents is 1. The van der Waals surface area contributed by atoms with E-state index in [1.165, 1.54) is 23.5 Å². The molecule has 0 aliphatic carbocycles. The number of nitro benzene ring substituents is 1. The second kappa shape index (κ2) is 7.59. The molecule has 0 spiro atoms. The largest absolute Gasteiger partial charge is 0.462 e. The second-order valence-corrected chi connectivity index (χ2v) is 6.99. The Morgan fingerprint density at radius 3 is 2.48 bits per heavy atom. The maximum atomic E-state index is 12.5. The molecule has 0 saturated carbocycles. The molecule has 1 heterocycles. The first-order chi connectivity index (χ1) is 12.9. The minimum Gasteiger partial charge on any atom is -0.462 e. The van der Waals surface area contributed by atoms with Crippen LogP contribution in [0.4, 0.5) is 10.7 Å². The third-order valence-electron chi connectivity index (χ3n) is 4.06. The highest BCUT2D eigenvalue weighted by atomic mass is 32.1. The first-order valence-corrected chi connectivity index (χ1v) is 9.15. The molecular formula is C20H18N2O4S. The summed E-state index contributed by atoms with van der Waals surface area (Å²) in [6, 6.07) is 14.0. The molecule has 3 rings (SSSR count). The van der Waals surface area contributed by atoms with Crippen molar-refractivity contribution in [2.75, 3.05) is 12.3 Å². The minimum absolute atomic E-state index is 0.00556. The SMILES string of the molecule is CCOC(=O)c1c(N)sc(-c2ccc([N+](=O)[O-])cc2)c1-c1cccc(C)c1. The average Bonchev–Trinajstić information content (AvgIpc) is 2.99. The zero-order valence-electron chi connectivity index (χ0n) is 14.9. The van der Waals surface area contributed by atoms with Gasteiger partial charge in [0.2, 0.25) is 0 Å². The lowest BCUT2D eigenvalue weighted by molar-refractivity contribution is -0.384. The quantitative estimate of drug-likeness (QED) is 0.378. The van der Waals surface area contributed by atoms with Gasteiger partial charge >= 0.3 is 5.97 Å². The fourth-order valence-electron chi connectivity index (χ4n) is 2.87. The normalized spacial score (nSPS) is 10.6. The summed E-state index contributed by atoms with van der Waals surface area (Å²) in [4.78, 5) is 23.8. The third kappa shape index (κ3) is 3.68. The zero-order chi connectivity index (χ0) is 19.6. The van der Waals surface area contributed by atoms with E-state index in [4.69, 9.17) is 10.5 Å².